The lowest BCUT2D eigenvalue weighted by atomic mass is 10.1. The van der Waals surface area contributed by atoms with E-state index in [4.69, 9.17) is 0 Å². The van der Waals surface area contributed by atoms with Gasteiger partial charge in [0.05, 0.1) is 10.4 Å². The van der Waals surface area contributed by atoms with Gasteiger partial charge in [0.1, 0.15) is 0 Å². The molecule has 4 rings (SSSR count). The molecule has 4 aromatic rings. The second kappa shape index (κ2) is 4.63. The molecule has 0 saturated carbocycles. The molecule has 0 spiro atoms. The van der Waals surface area contributed by atoms with Gasteiger partial charge in [0, 0.05) is 46.5 Å². The van der Waals surface area contributed by atoms with Crippen LogP contribution in [0.25, 0.3) is 33.1 Å². The molecule has 0 atom stereocenters. The zero-order chi connectivity index (χ0) is 15.1. The molecule has 0 aliphatic carbocycles. The van der Waals surface area contributed by atoms with Crippen LogP contribution in [-0.4, -0.2) is 19.9 Å². The van der Waals surface area contributed by atoms with Crippen LogP contribution in [0.2, 0.25) is 0 Å². The van der Waals surface area contributed by atoms with Gasteiger partial charge < -0.3 is 4.98 Å². The molecule has 0 unspecified atom stereocenters. The van der Waals surface area contributed by atoms with Gasteiger partial charge >= 0.3 is 0 Å². The molecule has 0 aliphatic heterocycles. The van der Waals surface area contributed by atoms with Crippen LogP contribution in [0.3, 0.4) is 0 Å². The highest BCUT2D eigenvalue weighted by Gasteiger charge is 2.19. The molecular formula is C16H10N4O2. The zero-order valence-corrected chi connectivity index (χ0v) is 11.4. The Balaban J connectivity index is 2.10. The Morgan fingerprint density at radius 3 is 2.77 bits per heavy atom. The molecule has 3 aromatic heterocycles. The van der Waals surface area contributed by atoms with Crippen LogP contribution in [0.4, 0.5) is 5.69 Å². The maximum atomic E-state index is 11.2. The number of benzene rings is 1. The number of nitro groups is 1. The Labute approximate surface area is 124 Å². The van der Waals surface area contributed by atoms with Crippen molar-refractivity contribution in [1.82, 2.24) is 15.0 Å². The summed E-state index contributed by atoms with van der Waals surface area (Å²) >= 11 is 0. The summed E-state index contributed by atoms with van der Waals surface area (Å²) in [5.41, 5.74) is 2.68. The minimum atomic E-state index is -0.427. The zero-order valence-electron chi connectivity index (χ0n) is 11.4. The average molecular weight is 290 g/mol. The van der Waals surface area contributed by atoms with Crippen molar-refractivity contribution in [2.75, 3.05) is 0 Å². The first kappa shape index (κ1) is 12.5. The number of hydrogen-bond donors (Lipinski definition) is 1. The molecule has 0 radical (unpaired) electrons. The number of hydrogen-bond acceptors (Lipinski definition) is 4. The second-order valence-electron chi connectivity index (χ2n) is 4.91. The van der Waals surface area contributed by atoms with Crippen molar-refractivity contribution in [3.8, 4) is 11.3 Å². The molecule has 106 valence electrons. The van der Waals surface area contributed by atoms with E-state index < -0.39 is 4.92 Å². The van der Waals surface area contributed by atoms with Gasteiger partial charge in [0.2, 0.25) is 0 Å². The Hall–Kier alpha value is -3.28. The summed E-state index contributed by atoms with van der Waals surface area (Å²) < 4.78 is 0. The fourth-order valence-corrected chi connectivity index (χ4v) is 2.69. The maximum Gasteiger partial charge on any atom is 0.295 e. The van der Waals surface area contributed by atoms with Gasteiger partial charge in [0.15, 0.2) is 5.69 Å². The van der Waals surface area contributed by atoms with E-state index in [1.807, 2.05) is 24.3 Å². The summed E-state index contributed by atoms with van der Waals surface area (Å²) in [5, 5.41) is 13.2. The van der Waals surface area contributed by atoms with E-state index >= 15 is 0 Å². The molecular weight excluding hydrogens is 280 g/mol. The predicted octanol–water partition coefficient (Wildman–Crippen LogP) is 3.69. The number of aromatic nitrogens is 3. The van der Waals surface area contributed by atoms with Gasteiger partial charge in [-0.2, -0.15) is 0 Å². The van der Waals surface area contributed by atoms with Crippen molar-refractivity contribution in [3.05, 3.63) is 65.1 Å². The lowest BCUT2D eigenvalue weighted by Crippen LogP contribution is -1.95. The highest BCUT2D eigenvalue weighted by atomic mass is 16.6. The van der Waals surface area contributed by atoms with Crippen LogP contribution < -0.4 is 0 Å². The third kappa shape index (κ3) is 1.74. The molecule has 6 nitrogen and oxygen atoms in total. The van der Waals surface area contributed by atoms with E-state index in [9.17, 15) is 10.1 Å². The van der Waals surface area contributed by atoms with Gasteiger partial charge in [0.25, 0.3) is 5.69 Å². The Morgan fingerprint density at radius 2 is 1.91 bits per heavy atom. The Kier molecular flexibility index (Phi) is 2.62. The summed E-state index contributed by atoms with van der Waals surface area (Å²) in [6.07, 6.45) is 4.91. The van der Waals surface area contributed by atoms with E-state index in [0.29, 0.717) is 11.3 Å². The maximum absolute atomic E-state index is 11.2. The van der Waals surface area contributed by atoms with Crippen molar-refractivity contribution in [2.24, 2.45) is 0 Å². The van der Waals surface area contributed by atoms with Crippen LogP contribution in [0.5, 0.6) is 0 Å². The van der Waals surface area contributed by atoms with Gasteiger partial charge in [-0.25, -0.2) is 4.98 Å². The third-order valence-corrected chi connectivity index (χ3v) is 3.66. The van der Waals surface area contributed by atoms with Gasteiger partial charge in [-0.05, 0) is 12.1 Å². The highest BCUT2D eigenvalue weighted by molar-refractivity contribution is 6.11. The summed E-state index contributed by atoms with van der Waals surface area (Å²) in [6.45, 7) is 0. The normalized spacial score (nSPS) is 11.1. The second-order valence-corrected chi connectivity index (χ2v) is 4.91. The molecule has 0 bridgehead atoms. The number of nitrogens with zero attached hydrogens (tertiary/aromatic N) is 3. The average Bonchev–Trinajstić information content (AvgIpc) is 2.93. The molecule has 3 heterocycles. The number of H-pyrrole nitrogens is 1. The summed E-state index contributed by atoms with van der Waals surface area (Å²) in [4.78, 5) is 22.5. The van der Waals surface area contributed by atoms with Crippen LogP contribution in [0.1, 0.15) is 0 Å². The molecule has 0 amide bonds. The van der Waals surface area contributed by atoms with Crippen LogP contribution in [0.15, 0.2) is 55.0 Å². The topological polar surface area (TPSA) is 84.7 Å². The smallest absolute Gasteiger partial charge is 0.295 e. The molecule has 22 heavy (non-hydrogen) atoms. The van der Waals surface area contributed by atoms with Crippen LogP contribution in [0, 0.1) is 10.1 Å². The third-order valence-electron chi connectivity index (χ3n) is 3.66. The SMILES string of the molecule is O=[N+]([O-])c1cccnc1-c1cncc2c1[nH]c1ccccc12. The van der Waals surface area contributed by atoms with Crippen LogP contribution >= 0.6 is 0 Å². The number of para-hydroxylation sites is 1. The van der Waals surface area contributed by atoms with E-state index in [1.165, 1.54) is 6.07 Å². The van der Waals surface area contributed by atoms with E-state index in [2.05, 4.69) is 15.0 Å². The number of rotatable bonds is 2. The highest BCUT2D eigenvalue weighted by Crippen LogP contribution is 2.34. The van der Waals surface area contributed by atoms with Crippen molar-refractivity contribution in [2.45, 2.75) is 0 Å². The van der Waals surface area contributed by atoms with Gasteiger partial charge in [-0.3, -0.25) is 15.1 Å². The monoisotopic (exact) mass is 290 g/mol. The molecule has 6 heteroatoms. The van der Waals surface area contributed by atoms with Gasteiger partial charge in [-0.1, -0.05) is 18.2 Å². The Morgan fingerprint density at radius 1 is 1.05 bits per heavy atom. The van der Waals surface area contributed by atoms with E-state index in [-0.39, 0.29) is 5.69 Å². The summed E-state index contributed by atoms with van der Waals surface area (Å²) in [7, 11) is 0. The van der Waals surface area contributed by atoms with E-state index in [1.54, 1.807) is 24.7 Å². The summed E-state index contributed by atoms with van der Waals surface area (Å²) in [6, 6.07) is 10.8. The largest absolute Gasteiger partial charge is 0.354 e. The molecule has 1 N–H and O–H groups in total. The summed E-state index contributed by atoms with van der Waals surface area (Å²) in [5.74, 6) is 0. The number of pyridine rings is 2. The molecule has 0 aliphatic rings. The van der Waals surface area contributed by atoms with Gasteiger partial charge in [-0.15, -0.1) is 0 Å². The molecule has 0 fully saturated rings. The van der Waals surface area contributed by atoms with Crippen LogP contribution in [-0.2, 0) is 0 Å². The quantitative estimate of drug-likeness (QED) is 0.450. The van der Waals surface area contributed by atoms with Crippen molar-refractivity contribution >= 4 is 27.5 Å². The minimum Gasteiger partial charge on any atom is -0.354 e. The first-order valence-corrected chi connectivity index (χ1v) is 6.70. The molecule has 1 aromatic carbocycles. The minimum absolute atomic E-state index is 0.0320. The number of nitrogens with one attached hydrogen (secondary N) is 1. The number of fused-ring (bicyclic) bond motifs is 3. The first-order valence-electron chi connectivity index (χ1n) is 6.70. The predicted molar refractivity (Wildman–Crippen MR) is 83.5 cm³/mol. The molecule has 0 saturated heterocycles. The Bertz CT molecular complexity index is 1020. The fraction of sp³-hybridized carbons (Fsp3) is 0. The first-order chi connectivity index (χ1) is 10.8. The van der Waals surface area contributed by atoms with Crippen molar-refractivity contribution in [1.29, 1.82) is 0 Å². The fourth-order valence-electron chi connectivity index (χ4n) is 2.69. The standard InChI is InChI=1S/C16H10N4O2/c21-20(22)14-6-3-7-18-16(14)12-9-17-8-11-10-4-1-2-5-13(10)19-15(11)12/h1-9,19H. The van der Waals surface area contributed by atoms with E-state index in [0.717, 1.165) is 21.8 Å². The lowest BCUT2D eigenvalue weighted by molar-refractivity contribution is -0.384. The van der Waals surface area contributed by atoms with Crippen molar-refractivity contribution < 1.29 is 4.92 Å². The number of aromatic amines is 1. The lowest BCUT2D eigenvalue weighted by Gasteiger charge is -2.03. The van der Waals surface area contributed by atoms with Crippen molar-refractivity contribution in [3.63, 3.8) is 0 Å².